The number of carbonyl (C=O) groups excluding carboxylic acids is 2. The molecule has 2 aromatic rings. The summed E-state index contributed by atoms with van der Waals surface area (Å²) in [5.74, 6) is 7.38. The normalized spacial score (nSPS) is 17.8. The van der Waals surface area contributed by atoms with Crippen LogP contribution < -0.4 is 10.6 Å². The number of allylic oxidation sites excluding steroid dienone is 7. The molecule has 0 fully saturated rings. The highest BCUT2D eigenvalue weighted by Gasteiger charge is 2.24. The van der Waals surface area contributed by atoms with Gasteiger partial charge in [0, 0.05) is 17.2 Å². The van der Waals surface area contributed by atoms with Crippen LogP contribution in [-0.4, -0.2) is 64.8 Å². The van der Waals surface area contributed by atoms with Gasteiger partial charge >= 0.3 is 5.97 Å². The predicted molar refractivity (Wildman–Crippen MR) is 156 cm³/mol. The van der Waals surface area contributed by atoms with E-state index in [-0.39, 0.29) is 17.4 Å². The van der Waals surface area contributed by atoms with Crippen molar-refractivity contribution in [3.8, 4) is 17.1 Å². The van der Waals surface area contributed by atoms with Crippen LogP contribution in [-0.2, 0) is 28.6 Å². The molecular weight excluding hydrogens is 556 g/mol. The number of carbonyl (C=O) groups is 2. The number of ether oxygens (including phenoxy) is 4. The van der Waals surface area contributed by atoms with Crippen LogP contribution in [0.5, 0.6) is 5.75 Å². The molecule has 12 nitrogen and oxygen atoms in total. The van der Waals surface area contributed by atoms with Gasteiger partial charge in [-0.3, -0.25) is 4.79 Å². The number of hydrogen-bond acceptors (Lipinski definition) is 12. The van der Waals surface area contributed by atoms with Crippen LogP contribution >= 0.6 is 0 Å². The Morgan fingerprint density at radius 3 is 2.40 bits per heavy atom. The number of nitrogens with zero attached hydrogens (tertiary/aromatic N) is 3. The van der Waals surface area contributed by atoms with E-state index >= 15 is 0 Å². The first kappa shape index (κ1) is 30.9. The van der Waals surface area contributed by atoms with Crippen molar-refractivity contribution in [2.75, 3.05) is 14.2 Å². The molecule has 1 aromatic heterocycles. The van der Waals surface area contributed by atoms with Crippen LogP contribution in [0.2, 0.25) is 0 Å². The second-order valence-corrected chi connectivity index (χ2v) is 9.36. The van der Waals surface area contributed by atoms with Gasteiger partial charge < -0.3 is 28.9 Å². The zero-order valence-corrected chi connectivity index (χ0v) is 24.1. The molecule has 0 spiro atoms. The summed E-state index contributed by atoms with van der Waals surface area (Å²) < 4.78 is 21.3. The summed E-state index contributed by atoms with van der Waals surface area (Å²) in [6.07, 6.45) is 9.77. The van der Waals surface area contributed by atoms with Crippen molar-refractivity contribution in [3.05, 3.63) is 95.7 Å². The van der Waals surface area contributed by atoms with Crippen LogP contribution in [0, 0.1) is 0 Å². The molecule has 1 heterocycles. The molecule has 12 heteroatoms. The average Bonchev–Trinajstić information content (AvgIpc) is 3.35. The van der Waals surface area contributed by atoms with E-state index in [1.807, 2.05) is 0 Å². The topological polar surface area (TPSA) is 165 Å². The third kappa shape index (κ3) is 7.61. The van der Waals surface area contributed by atoms with Gasteiger partial charge in [-0.1, -0.05) is 6.08 Å². The van der Waals surface area contributed by atoms with E-state index in [1.165, 1.54) is 19.3 Å². The molecule has 1 aromatic carbocycles. The second-order valence-electron chi connectivity index (χ2n) is 9.36. The fourth-order valence-corrected chi connectivity index (χ4v) is 4.10. The summed E-state index contributed by atoms with van der Waals surface area (Å²) in [7, 11) is 2.85. The molecule has 3 atom stereocenters. The number of aldehydes is 1. The molecule has 0 aliphatic heterocycles. The zero-order chi connectivity index (χ0) is 30.9. The van der Waals surface area contributed by atoms with Crippen molar-refractivity contribution in [1.82, 2.24) is 15.0 Å². The Morgan fingerprint density at radius 2 is 1.72 bits per heavy atom. The Kier molecular flexibility index (Phi) is 10.2. The summed E-state index contributed by atoms with van der Waals surface area (Å²) in [4.78, 5) is 42.2. The van der Waals surface area contributed by atoms with E-state index in [0.29, 0.717) is 52.5 Å². The standard InChI is InChI=1S/C31H32N4O8/c1-18(17-36)41-22-12-14-24(26(37)15-13-22)29-33-28(20-8-10-21(39-3)11-9-20)34-30(35-29)25-7-5-6-23(16-27(25)43-32)42-19(2)31(38)40-4/h6-19,26,37H,5,32H2,1-4H3. The second kappa shape index (κ2) is 14.2. The van der Waals surface area contributed by atoms with E-state index in [0.717, 1.165) is 0 Å². The van der Waals surface area contributed by atoms with Gasteiger partial charge in [-0.15, -0.1) is 0 Å². The first-order chi connectivity index (χ1) is 20.8. The molecular formula is C31H32N4O8. The fraction of sp³-hybridized carbons (Fsp3) is 0.258. The Morgan fingerprint density at radius 1 is 1.00 bits per heavy atom. The summed E-state index contributed by atoms with van der Waals surface area (Å²) in [6.45, 7) is 3.17. The van der Waals surface area contributed by atoms with Crippen LogP contribution in [0.4, 0.5) is 0 Å². The third-order valence-electron chi connectivity index (χ3n) is 6.34. The number of rotatable bonds is 11. The molecule has 0 radical (unpaired) electrons. The van der Waals surface area contributed by atoms with Gasteiger partial charge in [-0.2, -0.15) is 5.90 Å². The number of aliphatic hydroxyl groups excluding tert-OH is 1. The number of aliphatic hydroxyl groups is 1. The maximum Gasteiger partial charge on any atom is 0.346 e. The van der Waals surface area contributed by atoms with Crippen LogP contribution in [0.1, 0.15) is 31.9 Å². The summed E-state index contributed by atoms with van der Waals surface area (Å²) in [5.41, 5.74) is 1.45. The van der Waals surface area contributed by atoms with Crippen LogP contribution in [0.15, 0.2) is 84.1 Å². The maximum absolute atomic E-state index is 11.9. The molecule has 3 unspecified atom stereocenters. The average molecular weight is 589 g/mol. The Bertz CT molecular complexity index is 1540. The summed E-state index contributed by atoms with van der Waals surface area (Å²) in [5, 5.41) is 11.0. The number of hydrogen-bond donors (Lipinski definition) is 2. The molecule has 0 bridgehead atoms. The van der Waals surface area contributed by atoms with Crippen molar-refractivity contribution in [2.45, 2.75) is 38.6 Å². The van der Waals surface area contributed by atoms with Gasteiger partial charge in [0.2, 0.25) is 0 Å². The lowest BCUT2D eigenvalue weighted by molar-refractivity contribution is -0.150. The maximum atomic E-state index is 11.9. The molecule has 0 saturated carbocycles. The molecule has 3 N–H and O–H groups in total. The first-order valence-corrected chi connectivity index (χ1v) is 13.3. The van der Waals surface area contributed by atoms with Gasteiger partial charge in [0.1, 0.15) is 23.4 Å². The van der Waals surface area contributed by atoms with Gasteiger partial charge in [0.05, 0.1) is 19.8 Å². The molecule has 43 heavy (non-hydrogen) atoms. The van der Waals surface area contributed by atoms with E-state index < -0.39 is 24.3 Å². The monoisotopic (exact) mass is 588 g/mol. The van der Waals surface area contributed by atoms with Crippen LogP contribution in [0.3, 0.4) is 0 Å². The highest BCUT2D eigenvalue weighted by atomic mass is 16.6. The minimum atomic E-state index is -1.10. The summed E-state index contributed by atoms with van der Waals surface area (Å²) in [6, 6.07) is 7.14. The number of esters is 1. The molecule has 2 aliphatic carbocycles. The number of nitrogens with two attached hydrogens (primary N) is 1. The molecule has 2 aliphatic rings. The van der Waals surface area contributed by atoms with Crippen molar-refractivity contribution in [3.63, 3.8) is 0 Å². The zero-order valence-electron chi connectivity index (χ0n) is 24.1. The van der Waals surface area contributed by atoms with E-state index in [4.69, 9.17) is 34.7 Å². The number of benzene rings is 1. The largest absolute Gasteiger partial charge is 0.497 e. The quantitative estimate of drug-likeness (QED) is 0.224. The Hall–Kier alpha value is -5.07. The molecule has 224 valence electrons. The third-order valence-corrected chi connectivity index (χ3v) is 6.34. The van der Waals surface area contributed by atoms with Crippen molar-refractivity contribution in [1.29, 1.82) is 0 Å². The number of methoxy groups -OCH3 is 2. The lowest BCUT2D eigenvalue weighted by atomic mass is 10.1. The highest BCUT2D eigenvalue weighted by molar-refractivity contribution is 5.78. The minimum Gasteiger partial charge on any atom is -0.497 e. The summed E-state index contributed by atoms with van der Waals surface area (Å²) >= 11 is 0. The molecule has 4 rings (SSSR count). The van der Waals surface area contributed by atoms with Crippen molar-refractivity contribution >= 4 is 23.4 Å². The van der Waals surface area contributed by atoms with Gasteiger partial charge in [0.25, 0.3) is 0 Å². The first-order valence-electron chi connectivity index (χ1n) is 13.3. The molecule has 0 amide bonds. The van der Waals surface area contributed by atoms with Gasteiger partial charge in [0.15, 0.2) is 41.7 Å². The van der Waals surface area contributed by atoms with Gasteiger partial charge in [-0.25, -0.2) is 19.7 Å². The van der Waals surface area contributed by atoms with Crippen LogP contribution in [0.25, 0.3) is 22.5 Å². The SMILES string of the molecule is COC(=O)C(C)OC1=CCC=C(c2nc(C3=CC=C(OC(C)C=O)C=CC3O)nc(-c3ccc(OC)cc3)n2)C(ON)=C1. The highest BCUT2D eigenvalue weighted by Crippen LogP contribution is 2.30. The van der Waals surface area contributed by atoms with E-state index in [9.17, 15) is 14.7 Å². The van der Waals surface area contributed by atoms with E-state index in [2.05, 4.69) is 9.97 Å². The predicted octanol–water partition coefficient (Wildman–Crippen LogP) is 3.37. The fourth-order valence-electron chi connectivity index (χ4n) is 4.10. The van der Waals surface area contributed by atoms with Crippen molar-refractivity contribution in [2.24, 2.45) is 5.90 Å². The number of aromatic nitrogens is 3. The van der Waals surface area contributed by atoms with Gasteiger partial charge in [-0.05, 0) is 74.9 Å². The lowest BCUT2D eigenvalue weighted by Gasteiger charge is -2.15. The molecule has 0 saturated heterocycles. The Balaban J connectivity index is 1.80. The smallest absolute Gasteiger partial charge is 0.346 e. The Labute approximate surface area is 248 Å². The van der Waals surface area contributed by atoms with E-state index in [1.54, 1.807) is 75.6 Å². The minimum absolute atomic E-state index is 0.173. The van der Waals surface area contributed by atoms with Crippen molar-refractivity contribution < 1.29 is 38.5 Å². The lowest BCUT2D eigenvalue weighted by Crippen LogP contribution is -2.21.